The molecule has 6 N–H and O–H groups in total. The second-order valence-electron chi connectivity index (χ2n) is 3.88. The number of H-pyrrole nitrogens is 1. The highest BCUT2D eigenvalue weighted by molar-refractivity contribution is 6.05. The molecule has 0 unspecified atom stereocenters. The first kappa shape index (κ1) is 13.4. The molecule has 104 valence electrons. The number of aromatic nitrogens is 2. The number of amidine groups is 1. The molecule has 2 amide bonds. The number of hydrogen-bond acceptors (Lipinski definition) is 4. The zero-order valence-electron chi connectivity index (χ0n) is 10.7. The molecular weight excluding hydrogens is 260 g/mol. The van der Waals surface area contributed by atoms with Crippen LogP contribution >= 0.6 is 0 Å². The van der Waals surface area contributed by atoms with Crippen LogP contribution in [0.2, 0.25) is 0 Å². The predicted octanol–water partition coefficient (Wildman–Crippen LogP) is 1.35. The van der Waals surface area contributed by atoms with E-state index in [2.05, 4.69) is 20.8 Å². The molecule has 8 heteroatoms. The van der Waals surface area contributed by atoms with Gasteiger partial charge in [-0.3, -0.25) is 15.8 Å². The molecule has 0 aliphatic heterocycles. The monoisotopic (exact) mass is 274 g/mol. The van der Waals surface area contributed by atoms with Gasteiger partial charge in [-0.05, 0) is 12.1 Å². The smallest absolute Gasteiger partial charge is 0.324 e. The van der Waals surface area contributed by atoms with E-state index < -0.39 is 6.03 Å². The molecule has 0 saturated carbocycles. The molecule has 0 radical (unpaired) electrons. The minimum absolute atomic E-state index is 0.185. The number of nitrogens with one attached hydrogen (secondary N) is 4. The average Bonchev–Trinajstić information content (AvgIpc) is 2.87. The lowest BCUT2D eigenvalue weighted by Gasteiger charge is -2.08. The molecule has 2 aromatic rings. The van der Waals surface area contributed by atoms with Gasteiger partial charge >= 0.3 is 6.03 Å². The number of nitrogen functional groups attached to an aromatic ring is 1. The van der Waals surface area contributed by atoms with Crippen LogP contribution in [-0.4, -0.2) is 29.2 Å². The fourth-order valence-corrected chi connectivity index (χ4v) is 1.56. The van der Waals surface area contributed by atoms with Gasteiger partial charge < -0.3 is 15.8 Å². The molecule has 20 heavy (non-hydrogen) atoms. The van der Waals surface area contributed by atoms with Crippen molar-refractivity contribution >= 4 is 23.4 Å². The number of nitrogens with two attached hydrogens (primary N) is 1. The van der Waals surface area contributed by atoms with Crippen molar-refractivity contribution in [3.63, 3.8) is 0 Å². The van der Waals surface area contributed by atoms with Gasteiger partial charge in [-0.2, -0.15) is 5.10 Å². The first-order chi connectivity index (χ1) is 9.60. The van der Waals surface area contributed by atoms with Gasteiger partial charge in [0.05, 0.1) is 18.9 Å². The average molecular weight is 274 g/mol. The Morgan fingerprint density at radius 3 is 2.95 bits per heavy atom. The van der Waals surface area contributed by atoms with E-state index in [1.54, 1.807) is 31.4 Å². The lowest BCUT2D eigenvalue weighted by Crippen LogP contribution is -2.22. The minimum atomic E-state index is -0.481. The Hall–Kier alpha value is -3.03. The van der Waals surface area contributed by atoms with E-state index in [0.29, 0.717) is 17.0 Å². The summed E-state index contributed by atoms with van der Waals surface area (Å²) in [7, 11) is 1.54. The number of aromatic amines is 1. The molecule has 0 fully saturated rings. The fraction of sp³-hybridized carbons (Fsp3) is 0.0833. The van der Waals surface area contributed by atoms with Crippen LogP contribution in [0, 0.1) is 5.41 Å². The van der Waals surface area contributed by atoms with Crippen LogP contribution in [0.25, 0.3) is 0 Å². The third-order valence-electron chi connectivity index (χ3n) is 2.50. The summed E-state index contributed by atoms with van der Waals surface area (Å²) in [6.07, 6.45) is 1.36. The van der Waals surface area contributed by atoms with Crippen molar-refractivity contribution in [2.24, 2.45) is 5.73 Å². The fourth-order valence-electron chi connectivity index (χ4n) is 1.56. The topological polar surface area (TPSA) is 129 Å². The highest BCUT2D eigenvalue weighted by Gasteiger charge is 2.11. The third-order valence-corrected chi connectivity index (χ3v) is 2.50. The molecule has 0 bridgehead atoms. The third kappa shape index (κ3) is 3.05. The van der Waals surface area contributed by atoms with Gasteiger partial charge in [-0.1, -0.05) is 6.07 Å². The largest absolute Gasteiger partial charge is 0.497 e. The molecule has 2 rings (SSSR count). The van der Waals surface area contributed by atoms with Crippen molar-refractivity contribution in [2.45, 2.75) is 0 Å². The standard InChI is InChI=1S/C12H14N6O2/c1-20-8-4-2-3-7(5-8)16-12(19)17-11-9(10(13)14)6-15-18-11/h2-6H,1H3,(H3,13,14)(H3,15,16,17,18,19). The first-order valence-electron chi connectivity index (χ1n) is 5.70. The number of carbonyl (C=O) groups excluding carboxylic acids is 1. The lowest BCUT2D eigenvalue weighted by atomic mass is 10.3. The predicted molar refractivity (Wildman–Crippen MR) is 75.2 cm³/mol. The highest BCUT2D eigenvalue weighted by Crippen LogP contribution is 2.17. The van der Waals surface area contributed by atoms with Gasteiger partial charge in [0.1, 0.15) is 17.4 Å². The number of nitrogens with zero attached hydrogens (tertiary/aromatic N) is 1. The number of ether oxygens (including phenoxy) is 1. The molecule has 0 spiro atoms. The van der Waals surface area contributed by atoms with Gasteiger partial charge in [-0.15, -0.1) is 0 Å². The summed E-state index contributed by atoms with van der Waals surface area (Å²) >= 11 is 0. The van der Waals surface area contributed by atoms with Crippen molar-refractivity contribution < 1.29 is 9.53 Å². The number of urea groups is 1. The summed E-state index contributed by atoms with van der Waals surface area (Å²) < 4.78 is 5.06. The van der Waals surface area contributed by atoms with E-state index in [1.165, 1.54) is 6.20 Å². The van der Waals surface area contributed by atoms with Gasteiger partial charge in [0.2, 0.25) is 0 Å². The second kappa shape index (κ2) is 5.74. The lowest BCUT2D eigenvalue weighted by molar-refractivity contribution is 0.262. The van der Waals surface area contributed by atoms with E-state index in [-0.39, 0.29) is 11.7 Å². The number of amides is 2. The Balaban J connectivity index is 2.05. The molecule has 0 atom stereocenters. The van der Waals surface area contributed by atoms with Gasteiger partial charge in [0.25, 0.3) is 0 Å². The summed E-state index contributed by atoms with van der Waals surface area (Å²) in [6, 6.07) is 6.45. The minimum Gasteiger partial charge on any atom is -0.497 e. The Labute approximate surface area is 114 Å². The van der Waals surface area contributed by atoms with E-state index in [9.17, 15) is 4.79 Å². The van der Waals surface area contributed by atoms with E-state index >= 15 is 0 Å². The second-order valence-corrected chi connectivity index (χ2v) is 3.88. The van der Waals surface area contributed by atoms with Crippen LogP contribution in [0.5, 0.6) is 5.75 Å². The van der Waals surface area contributed by atoms with Crippen LogP contribution < -0.4 is 21.1 Å². The first-order valence-corrected chi connectivity index (χ1v) is 5.70. The molecule has 8 nitrogen and oxygen atoms in total. The Kier molecular flexibility index (Phi) is 3.85. The van der Waals surface area contributed by atoms with Gasteiger partial charge in [0.15, 0.2) is 0 Å². The number of carbonyl (C=O) groups is 1. The van der Waals surface area contributed by atoms with Crippen LogP contribution in [0.15, 0.2) is 30.5 Å². The maximum Gasteiger partial charge on any atom is 0.324 e. The number of anilines is 2. The maximum atomic E-state index is 11.8. The Morgan fingerprint density at radius 2 is 2.25 bits per heavy atom. The molecular formula is C12H14N6O2. The van der Waals surface area contributed by atoms with Crippen LogP contribution in [-0.2, 0) is 0 Å². The maximum absolute atomic E-state index is 11.8. The number of rotatable bonds is 4. The van der Waals surface area contributed by atoms with Crippen molar-refractivity contribution in [1.82, 2.24) is 10.2 Å². The molecule has 0 saturated heterocycles. The van der Waals surface area contributed by atoms with Crippen molar-refractivity contribution in [2.75, 3.05) is 17.7 Å². The van der Waals surface area contributed by atoms with E-state index in [1.807, 2.05) is 0 Å². The molecule has 0 aliphatic carbocycles. The van der Waals surface area contributed by atoms with Gasteiger partial charge in [0, 0.05) is 11.8 Å². The SMILES string of the molecule is COc1cccc(NC(=O)Nc2[nH]ncc2C(=N)N)c1. The van der Waals surface area contributed by atoms with Crippen LogP contribution in [0.3, 0.4) is 0 Å². The molecule has 1 aromatic heterocycles. The van der Waals surface area contributed by atoms with E-state index in [4.69, 9.17) is 15.9 Å². The summed E-state index contributed by atoms with van der Waals surface area (Å²) in [6.45, 7) is 0. The zero-order chi connectivity index (χ0) is 14.5. The highest BCUT2D eigenvalue weighted by atomic mass is 16.5. The summed E-state index contributed by atoms with van der Waals surface area (Å²) in [5.41, 5.74) is 6.26. The summed E-state index contributed by atoms with van der Waals surface area (Å²) in [5, 5.41) is 18.8. The number of hydrogen-bond donors (Lipinski definition) is 5. The zero-order valence-corrected chi connectivity index (χ0v) is 10.7. The number of benzene rings is 1. The molecule has 1 aromatic carbocycles. The quantitative estimate of drug-likeness (QED) is 0.425. The van der Waals surface area contributed by atoms with Gasteiger partial charge in [-0.25, -0.2) is 4.79 Å². The van der Waals surface area contributed by atoms with Crippen LogP contribution in [0.4, 0.5) is 16.3 Å². The number of methoxy groups -OCH3 is 1. The molecule has 1 heterocycles. The summed E-state index contributed by atoms with van der Waals surface area (Å²) in [4.78, 5) is 11.8. The normalized spacial score (nSPS) is 9.85. The summed E-state index contributed by atoms with van der Waals surface area (Å²) in [5.74, 6) is 0.710. The van der Waals surface area contributed by atoms with Crippen molar-refractivity contribution in [3.8, 4) is 5.75 Å². The molecule has 0 aliphatic rings. The Morgan fingerprint density at radius 1 is 1.45 bits per heavy atom. The van der Waals surface area contributed by atoms with Crippen molar-refractivity contribution in [3.05, 3.63) is 36.0 Å². The van der Waals surface area contributed by atoms with Crippen molar-refractivity contribution in [1.29, 1.82) is 5.41 Å². The Bertz CT molecular complexity index is 636. The van der Waals surface area contributed by atoms with Crippen LogP contribution in [0.1, 0.15) is 5.56 Å². The van der Waals surface area contributed by atoms with E-state index in [0.717, 1.165) is 0 Å².